The first-order chi connectivity index (χ1) is 9.81. The lowest BCUT2D eigenvalue weighted by Crippen LogP contribution is -2.19. The maximum atomic E-state index is 3.97. The van der Waals surface area contributed by atoms with Crippen LogP contribution in [0.15, 0.2) is 24.3 Å². The summed E-state index contributed by atoms with van der Waals surface area (Å²) < 4.78 is 0. The molecule has 0 radical (unpaired) electrons. The Morgan fingerprint density at radius 2 is 1.55 bits per heavy atom. The van der Waals surface area contributed by atoms with Gasteiger partial charge in [0.1, 0.15) is 0 Å². The summed E-state index contributed by atoms with van der Waals surface area (Å²) in [5.41, 5.74) is 1.51. The molecular formula is C20H36. The normalized spacial score (nSPS) is 22.6. The van der Waals surface area contributed by atoms with Crippen molar-refractivity contribution in [3.05, 3.63) is 24.3 Å². The Kier molecular flexibility index (Phi) is 9.79. The zero-order chi connectivity index (χ0) is 14.6. The molecule has 2 unspecified atom stereocenters. The predicted molar refractivity (Wildman–Crippen MR) is 92.0 cm³/mol. The molecule has 0 aromatic heterocycles. The topological polar surface area (TPSA) is 0 Å². The van der Waals surface area contributed by atoms with Crippen LogP contribution in [0, 0.1) is 11.8 Å². The van der Waals surface area contributed by atoms with Crippen LogP contribution in [0.2, 0.25) is 0 Å². The van der Waals surface area contributed by atoms with Crippen LogP contribution in [0.3, 0.4) is 0 Å². The van der Waals surface area contributed by atoms with E-state index in [2.05, 4.69) is 32.6 Å². The molecule has 0 saturated heterocycles. The van der Waals surface area contributed by atoms with Crippen molar-refractivity contribution in [3.63, 3.8) is 0 Å². The molecule has 0 heteroatoms. The van der Waals surface area contributed by atoms with Crippen molar-refractivity contribution >= 4 is 0 Å². The molecule has 0 saturated carbocycles. The van der Waals surface area contributed by atoms with Crippen molar-refractivity contribution in [2.75, 3.05) is 0 Å². The van der Waals surface area contributed by atoms with Gasteiger partial charge in [-0.25, -0.2) is 0 Å². The molecule has 1 rings (SSSR count). The summed E-state index contributed by atoms with van der Waals surface area (Å²) in [7, 11) is 0. The lowest BCUT2D eigenvalue weighted by atomic mass is 9.74. The predicted octanol–water partition coefficient (Wildman–Crippen LogP) is 7.07. The third-order valence-electron chi connectivity index (χ3n) is 4.97. The highest BCUT2D eigenvalue weighted by Gasteiger charge is 2.24. The van der Waals surface area contributed by atoms with E-state index < -0.39 is 0 Å². The number of hydrogen-bond donors (Lipinski definition) is 0. The highest BCUT2D eigenvalue weighted by Crippen LogP contribution is 2.36. The molecule has 1 aliphatic rings. The largest absolute Gasteiger partial charge is 0.0988 e. The van der Waals surface area contributed by atoms with Crippen LogP contribution in [-0.4, -0.2) is 0 Å². The Morgan fingerprint density at radius 1 is 0.950 bits per heavy atom. The van der Waals surface area contributed by atoms with Gasteiger partial charge in [-0.2, -0.15) is 0 Å². The molecule has 0 fully saturated rings. The van der Waals surface area contributed by atoms with E-state index >= 15 is 0 Å². The third-order valence-corrected chi connectivity index (χ3v) is 4.97. The van der Waals surface area contributed by atoms with E-state index in [1.54, 1.807) is 0 Å². The summed E-state index contributed by atoms with van der Waals surface area (Å²) in [6, 6.07) is 0. The van der Waals surface area contributed by atoms with E-state index in [-0.39, 0.29) is 0 Å². The van der Waals surface area contributed by atoms with Crippen LogP contribution in [0.25, 0.3) is 0 Å². The SMILES string of the molecule is C=CC1=CCC(CCCCCCC)C(CCCCC)C1. The maximum absolute atomic E-state index is 3.97. The van der Waals surface area contributed by atoms with Gasteiger partial charge >= 0.3 is 0 Å². The van der Waals surface area contributed by atoms with Gasteiger partial charge in [-0.1, -0.05) is 89.5 Å². The Bertz CT molecular complexity index is 274. The molecule has 0 aromatic rings. The minimum atomic E-state index is 0.936. The molecule has 0 aliphatic heterocycles. The van der Waals surface area contributed by atoms with Crippen LogP contribution >= 0.6 is 0 Å². The Hall–Kier alpha value is -0.520. The van der Waals surface area contributed by atoms with Crippen LogP contribution < -0.4 is 0 Å². The second-order valence-corrected chi connectivity index (χ2v) is 6.64. The maximum Gasteiger partial charge on any atom is -0.0251 e. The molecule has 1 aliphatic carbocycles. The molecule has 0 heterocycles. The molecule has 0 bridgehead atoms. The number of allylic oxidation sites excluding steroid dienone is 3. The molecule has 0 amide bonds. The fourth-order valence-electron chi connectivity index (χ4n) is 3.57. The van der Waals surface area contributed by atoms with Crippen molar-refractivity contribution in [2.24, 2.45) is 11.8 Å². The smallest absolute Gasteiger partial charge is 0.0251 e. The van der Waals surface area contributed by atoms with Gasteiger partial charge in [-0.3, -0.25) is 0 Å². The third kappa shape index (κ3) is 6.77. The van der Waals surface area contributed by atoms with E-state index in [4.69, 9.17) is 0 Å². The quantitative estimate of drug-likeness (QED) is 0.354. The second-order valence-electron chi connectivity index (χ2n) is 6.64. The minimum Gasteiger partial charge on any atom is -0.0988 e. The first kappa shape index (κ1) is 17.5. The molecule has 0 N–H and O–H groups in total. The van der Waals surface area contributed by atoms with Crippen molar-refractivity contribution < 1.29 is 0 Å². The minimum absolute atomic E-state index is 0.936. The average Bonchev–Trinajstić information content (AvgIpc) is 2.48. The fourth-order valence-corrected chi connectivity index (χ4v) is 3.57. The van der Waals surface area contributed by atoms with E-state index in [0.717, 1.165) is 11.8 Å². The molecule has 0 spiro atoms. The lowest BCUT2D eigenvalue weighted by molar-refractivity contribution is 0.267. The molecule has 0 nitrogen and oxygen atoms in total. The molecule has 0 aromatic carbocycles. The Morgan fingerprint density at radius 3 is 2.25 bits per heavy atom. The van der Waals surface area contributed by atoms with Crippen LogP contribution in [0.4, 0.5) is 0 Å². The molecule has 2 atom stereocenters. The van der Waals surface area contributed by atoms with Crippen molar-refractivity contribution in [3.8, 4) is 0 Å². The Balaban J connectivity index is 2.35. The Labute approximate surface area is 127 Å². The van der Waals surface area contributed by atoms with Gasteiger partial charge < -0.3 is 0 Å². The zero-order valence-corrected chi connectivity index (χ0v) is 14.0. The van der Waals surface area contributed by atoms with Crippen LogP contribution in [0.5, 0.6) is 0 Å². The highest BCUT2D eigenvalue weighted by atomic mass is 14.3. The number of unbranched alkanes of at least 4 members (excludes halogenated alkanes) is 6. The summed E-state index contributed by atoms with van der Waals surface area (Å²) in [5.74, 6) is 1.89. The van der Waals surface area contributed by atoms with Crippen molar-refractivity contribution in [1.82, 2.24) is 0 Å². The zero-order valence-electron chi connectivity index (χ0n) is 14.0. The summed E-state index contributed by atoms with van der Waals surface area (Å²) in [6.07, 6.45) is 21.4. The summed E-state index contributed by atoms with van der Waals surface area (Å²) in [6.45, 7) is 8.57. The fraction of sp³-hybridized carbons (Fsp3) is 0.800. The van der Waals surface area contributed by atoms with Gasteiger partial charge in [0.05, 0.1) is 0 Å². The first-order valence-corrected chi connectivity index (χ1v) is 9.13. The van der Waals surface area contributed by atoms with Gasteiger partial charge in [0.15, 0.2) is 0 Å². The molecule has 116 valence electrons. The van der Waals surface area contributed by atoms with Crippen molar-refractivity contribution in [1.29, 1.82) is 0 Å². The van der Waals surface area contributed by atoms with E-state index in [9.17, 15) is 0 Å². The van der Waals surface area contributed by atoms with Gasteiger partial charge in [0.2, 0.25) is 0 Å². The van der Waals surface area contributed by atoms with E-state index in [0.29, 0.717) is 0 Å². The monoisotopic (exact) mass is 276 g/mol. The van der Waals surface area contributed by atoms with Gasteiger partial charge in [-0.05, 0) is 37.5 Å². The summed E-state index contributed by atoms with van der Waals surface area (Å²) >= 11 is 0. The van der Waals surface area contributed by atoms with Gasteiger partial charge in [-0.15, -0.1) is 0 Å². The number of hydrogen-bond acceptors (Lipinski definition) is 0. The summed E-state index contributed by atoms with van der Waals surface area (Å²) in [4.78, 5) is 0. The second kappa shape index (κ2) is 11.2. The van der Waals surface area contributed by atoms with Gasteiger partial charge in [0.25, 0.3) is 0 Å². The lowest BCUT2D eigenvalue weighted by Gasteiger charge is -2.31. The number of rotatable bonds is 11. The van der Waals surface area contributed by atoms with Crippen LogP contribution in [-0.2, 0) is 0 Å². The molecular weight excluding hydrogens is 240 g/mol. The average molecular weight is 277 g/mol. The van der Waals surface area contributed by atoms with E-state index in [1.807, 2.05) is 0 Å². The summed E-state index contributed by atoms with van der Waals surface area (Å²) in [5, 5.41) is 0. The van der Waals surface area contributed by atoms with Gasteiger partial charge in [0, 0.05) is 0 Å². The van der Waals surface area contributed by atoms with Crippen molar-refractivity contribution in [2.45, 2.75) is 90.9 Å². The standard InChI is InChI=1S/C20H36/c1-4-7-9-10-12-13-19-16-15-18(6-3)17-20(19)14-11-8-5-2/h6,15,19-20H,3-5,7-14,16-17H2,1-2H3. The highest BCUT2D eigenvalue weighted by molar-refractivity contribution is 5.19. The first-order valence-electron chi connectivity index (χ1n) is 9.13. The van der Waals surface area contributed by atoms with Crippen LogP contribution in [0.1, 0.15) is 90.9 Å². The van der Waals surface area contributed by atoms with E-state index in [1.165, 1.54) is 82.6 Å². The molecule has 20 heavy (non-hydrogen) atoms.